The number of carbonyl (C=O) groups excluding carboxylic acids is 2. The maximum Gasteiger partial charge on any atom is 0.360 e. The minimum Gasteiger partial charge on any atom is -0.464 e. The van der Waals surface area contributed by atoms with E-state index < -0.39 is 5.97 Å². The molecule has 23 heavy (non-hydrogen) atoms. The quantitative estimate of drug-likeness (QED) is 0.757. The molecule has 2 N–H and O–H groups in total. The first kappa shape index (κ1) is 16.9. The first-order valence-electron chi connectivity index (χ1n) is 6.94. The Morgan fingerprint density at radius 2 is 2.26 bits per heavy atom. The normalized spacial score (nSPS) is 11.8. The van der Waals surface area contributed by atoms with Crippen molar-refractivity contribution in [2.24, 2.45) is 0 Å². The van der Waals surface area contributed by atoms with Gasteiger partial charge in [-0.3, -0.25) is 0 Å². The molecule has 0 aromatic carbocycles. The van der Waals surface area contributed by atoms with Crippen molar-refractivity contribution >= 4 is 23.3 Å². The fourth-order valence-electron chi connectivity index (χ4n) is 1.77. The second kappa shape index (κ2) is 7.68. The summed E-state index contributed by atoms with van der Waals surface area (Å²) < 4.78 is 6.00. The molecule has 0 saturated heterocycles. The maximum atomic E-state index is 11.8. The molecule has 2 aromatic heterocycles. The number of urea groups is 1. The monoisotopic (exact) mass is 338 g/mol. The molecule has 0 aliphatic carbocycles. The lowest BCUT2D eigenvalue weighted by Crippen LogP contribution is -2.38. The number of hydrogen-bond acceptors (Lipinski definition) is 7. The van der Waals surface area contributed by atoms with Gasteiger partial charge >= 0.3 is 12.0 Å². The third-order valence-corrected chi connectivity index (χ3v) is 4.01. The van der Waals surface area contributed by atoms with Crippen molar-refractivity contribution in [3.05, 3.63) is 28.0 Å². The van der Waals surface area contributed by atoms with Crippen LogP contribution in [0.3, 0.4) is 0 Å². The van der Waals surface area contributed by atoms with E-state index in [1.165, 1.54) is 18.0 Å². The highest BCUT2D eigenvalue weighted by molar-refractivity contribution is 7.11. The highest BCUT2D eigenvalue weighted by Crippen LogP contribution is 2.18. The van der Waals surface area contributed by atoms with E-state index in [9.17, 15) is 9.59 Å². The van der Waals surface area contributed by atoms with E-state index in [0.29, 0.717) is 13.1 Å². The lowest BCUT2D eigenvalue weighted by atomic mass is 10.3. The number of nitrogens with one attached hydrogen (secondary N) is 2. The zero-order valence-corrected chi connectivity index (χ0v) is 13.9. The summed E-state index contributed by atoms with van der Waals surface area (Å²) in [4.78, 5) is 28.4. The molecule has 10 heteroatoms. The van der Waals surface area contributed by atoms with Gasteiger partial charge in [0.15, 0.2) is 5.69 Å². The first-order valence-corrected chi connectivity index (χ1v) is 7.76. The van der Waals surface area contributed by atoms with E-state index in [0.717, 1.165) is 9.88 Å². The number of methoxy groups -OCH3 is 1. The third kappa shape index (κ3) is 4.74. The summed E-state index contributed by atoms with van der Waals surface area (Å²) in [6, 6.07) is -0.454. The van der Waals surface area contributed by atoms with E-state index in [2.05, 4.69) is 30.7 Å². The molecule has 0 saturated carbocycles. The number of rotatable bonds is 6. The fraction of sp³-hybridized carbons (Fsp3) is 0.462. The molecular weight excluding hydrogens is 320 g/mol. The van der Waals surface area contributed by atoms with Crippen LogP contribution in [0.2, 0.25) is 0 Å². The van der Waals surface area contributed by atoms with E-state index >= 15 is 0 Å². The Morgan fingerprint density at radius 3 is 2.91 bits per heavy atom. The minimum absolute atomic E-state index is 0.129. The average Bonchev–Trinajstić information content (AvgIpc) is 3.15. The van der Waals surface area contributed by atoms with E-state index in [1.807, 2.05) is 13.8 Å². The van der Waals surface area contributed by atoms with Gasteiger partial charge < -0.3 is 15.4 Å². The lowest BCUT2D eigenvalue weighted by molar-refractivity contribution is 0.0594. The summed E-state index contributed by atoms with van der Waals surface area (Å²) in [5, 5.41) is 13.8. The maximum absolute atomic E-state index is 11.8. The molecule has 0 aliphatic heterocycles. The topological polar surface area (TPSA) is 111 Å². The molecule has 1 atom stereocenters. The van der Waals surface area contributed by atoms with Gasteiger partial charge in [0.1, 0.15) is 5.01 Å². The van der Waals surface area contributed by atoms with Crippen molar-refractivity contribution in [1.29, 1.82) is 0 Å². The molecule has 2 aromatic rings. The molecule has 0 fully saturated rings. The van der Waals surface area contributed by atoms with Gasteiger partial charge in [-0.15, -0.1) is 16.4 Å². The summed E-state index contributed by atoms with van der Waals surface area (Å²) >= 11 is 1.55. The standard InChI is InChI=1S/C13H18N6O3S/c1-8-6-15-11(23-8)9(2)16-13(21)14-4-5-19-7-10(17-18-19)12(20)22-3/h6-7,9H,4-5H2,1-3H3,(H2,14,16,21). The van der Waals surface area contributed by atoms with Crippen LogP contribution in [0.15, 0.2) is 12.4 Å². The molecule has 2 heterocycles. The molecule has 2 amide bonds. The molecule has 0 aliphatic rings. The third-order valence-electron chi connectivity index (χ3n) is 2.92. The Kier molecular flexibility index (Phi) is 5.63. The van der Waals surface area contributed by atoms with Crippen LogP contribution in [0.4, 0.5) is 4.79 Å². The van der Waals surface area contributed by atoms with Crippen LogP contribution < -0.4 is 10.6 Å². The average molecular weight is 338 g/mol. The number of amides is 2. The largest absolute Gasteiger partial charge is 0.464 e. The summed E-state index contributed by atoms with van der Waals surface area (Å²) in [5.41, 5.74) is 0.129. The number of nitrogens with zero attached hydrogens (tertiary/aromatic N) is 4. The van der Waals surface area contributed by atoms with Crippen molar-refractivity contribution < 1.29 is 14.3 Å². The number of thiazole rings is 1. The highest BCUT2D eigenvalue weighted by Gasteiger charge is 2.13. The summed E-state index contributed by atoms with van der Waals surface area (Å²) in [6.07, 6.45) is 3.24. The molecule has 0 radical (unpaired) electrons. The second-order valence-corrected chi connectivity index (χ2v) is 6.06. The molecule has 124 valence electrons. The van der Waals surface area contributed by atoms with Gasteiger partial charge in [-0.1, -0.05) is 5.21 Å². The highest BCUT2D eigenvalue weighted by atomic mass is 32.1. The van der Waals surface area contributed by atoms with Crippen molar-refractivity contribution in [3.8, 4) is 0 Å². The number of carbonyl (C=O) groups is 2. The molecule has 2 rings (SSSR count). The Hall–Kier alpha value is -2.49. The van der Waals surface area contributed by atoms with Gasteiger partial charge in [0, 0.05) is 17.6 Å². The number of esters is 1. The fourth-order valence-corrected chi connectivity index (χ4v) is 2.55. The van der Waals surface area contributed by atoms with Gasteiger partial charge in [0.25, 0.3) is 0 Å². The molecule has 0 spiro atoms. The molecule has 0 bridgehead atoms. The van der Waals surface area contributed by atoms with Crippen LogP contribution in [0.25, 0.3) is 0 Å². The van der Waals surface area contributed by atoms with Gasteiger partial charge in [-0.25, -0.2) is 19.3 Å². The molecule has 9 nitrogen and oxygen atoms in total. The van der Waals surface area contributed by atoms with Crippen molar-refractivity contribution in [2.45, 2.75) is 26.4 Å². The predicted octanol–water partition coefficient (Wildman–Crippen LogP) is 0.890. The van der Waals surface area contributed by atoms with Gasteiger partial charge in [-0.05, 0) is 13.8 Å². The molecule has 1 unspecified atom stereocenters. The number of ether oxygens (including phenoxy) is 1. The van der Waals surface area contributed by atoms with Crippen LogP contribution in [0.1, 0.15) is 33.3 Å². The number of aryl methyl sites for hydroxylation is 1. The Bertz CT molecular complexity index is 683. The van der Waals surface area contributed by atoms with Gasteiger partial charge in [0.2, 0.25) is 0 Å². The van der Waals surface area contributed by atoms with Crippen molar-refractivity contribution in [2.75, 3.05) is 13.7 Å². The van der Waals surface area contributed by atoms with Crippen molar-refractivity contribution in [3.63, 3.8) is 0 Å². The van der Waals surface area contributed by atoms with E-state index in [1.54, 1.807) is 17.5 Å². The van der Waals surface area contributed by atoms with Crippen LogP contribution in [0.5, 0.6) is 0 Å². The summed E-state index contributed by atoms with van der Waals surface area (Å²) in [6.45, 7) is 4.58. The smallest absolute Gasteiger partial charge is 0.360 e. The van der Waals surface area contributed by atoms with Crippen LogP contribution >= 0.6 is 11.3 Å². The second-order valence-electron chi connectivity index (χ2n) is 4.79. The van der Waals surface area contributed by atoms with Crippen LogP contribution in [-0.2, 0) is 11.3 Å². The Balaban J connectivity index is 1.74. The predicted molar refractivity (Wildman–Crippen MR) is 83.2 cm³/mol. The zero-order chi connectivity index (χ0) is 16.8. The Labute approximate surface area is 137 Å². The minimum atomic E-state index is -0.547. The Morgan fingerprint density at radius 1 is 1.48 bits per heavy atom. The summed E-state index contributed by atoms with van der Waals surface area (Å²) in [5.74, 6) is -0.547. The SMILES string of the molecule is COC(=O)c1cn(CCNC(=O)NC(C)c2ncc(C)s2)nn1. The van der Waals surface area contributed by atoms with Crippen LogP contribution in [0, 0.1) is 6.92 Å². The van der Waals surface area contributed by atoms with Gasteiger partial charge in [-0.2, -0.15) is 0 Å². The van der Waals surface area contributed by atoms with E-state index in [4.69, 9.17) is 0 Å². The van der Waals surface area contributed by atoms with Crippen LogP contribution in [-0.4, -0.2) is 45.6 Å². The van der Waals surface area contributed by atoms with E-state index in [-0.39, 0.29) is 17.8 Å². The van der Waals surface area contributed by atoms with Gasteiger partial charge in [0.05, 0.1) is 25.9 Å². The van der Waals surface area contributed by atoms with Crippen molar-refractivity contribution in [1.82, 2.24) is 30.6 Å². The molecular formula is C13H18N6O3S. The zero-order valence-electron chi connectivity index (χ0n) is 13.1. The first-order chi connectivity index (χ1) is 11.0. The number of hydrogen-bond donors (Lipinski definition) is 2. The summed E-state index contributed by atoms with van der Waals surface area (Å²) in [7, 11) is 1.28. The number of aromatic nitrogens is 4. The lowest BCUT2D eigenvalue weighted by Gasteiger charge is -2.12.